The second-order valence-electron chi connectivity index (χ2n) is 7.74. The second-order valence-corrected chi connectivity index (χ2v) is 9.09. The monoisotopic (exact) mass is 504 g/mol. The van der Waals surface area contributed by atoms with E-state index >= 15 is 0 Å². The van der Waals surface area contributed by atoms with E-state index in [1.165, 1.54) is 18.2 Å². The Morgan fingerprint density at radius 3 is 2.39 bits per heavy atom. The molecular formula is C25H22N5O5S-. The van der Waals surface area contributed by atoms with Gasteiger partial charge in [0.05, 0.1) is 22.9 Å². The van der Waals surface area contributed by atoms with Gasteiger partial charge in [-0.3, -0.25) is 0 Å². The number of phenolic OH excluding ortho intramolecular Hbond substituents is 1. The molecule has 10 nitrogen and oxygen atoms in total. The number of nitrogens with two attached hydrogens (primary N) is 1. The molecule has 184 valence electrons. The normalized spacial score (nSPS) is 12.1. The first kappa shape index (κ1) is 24.8. The average Bonchev–Trinajstić information content (AvgIpc) is 2.86. The fraction of sp³-hybridized carbons (Fsp3) is 0.120. The van der Waals surface area contributed by atoms with Crippen LogP contribution in [0.4, 0.5) is 28.4 Å². The minimum Gasteiger partial charge on any atom is -0.744 e. The summed E-state index contributed by atoms with van der Waals surface area (Å²) in [6.07, 6.45) is 0.720. The lowest BCUT2D eigenvalue weighted by atomic mass is 10.1. The third kappa shape index (κ3) is 5.65. The number of rotatable bonds is 8. The van der Waals surface area contributed by atoms with Gasteiger partial charge in [-0.2, -0.15) is 10.2 Å². The predicted molar refractivity (Wildman–Crippen MR) is 135 cm³/mol. The van der Waals surface area contributed by atoms with E-state index in [2.05, 4.69) is 20.5 Å². The summed E-state index contributed by atoms with van der Waals surface area (Å²) in [7, 11) is -4.98. The van der Waals surface area contributed by atoms with Crippen LogP contribution in [-0.2, 0) is 10.1 Å². The predicted octanol–water partition coefficient (Wildman–Crippen LogP) is 6.65. The van der Waals surface area contributed by atoms with Gasteiger partial charge >= 0.3 is 0 Å². The SMILES string of the molecule is CCCOc1cc(N=Nc2ccccc2)ccc1N=Nc1c(S(=O)(=O)[O-])cc2ccc(N)cc2c1O. The first-order valence-corrected chi connectivity index (χ1v) is 12.3. The highest BCUT2D eigenvalue weighted by Gasteiger charge is 2.18. The molecule has 0 fully saturated rings. The van der Waals surface area contributed by atoms with Crippen molar-refractivity contribution in [3.05, 3.63) is 72.8 Å². The summed E-state index contributed by atoms with van der Waals surface area (Å²) in [6.45, 7) is 2.31. The van der Waals surface area contributed by atoms with Crippen LogP contribution in [0.2, 0.25) is 0 Å². The minimum absolute atomic E-state index is 0.232. The smallest absolute Gasteiger partial charge is 0.152 e. The van der Waals surface area contributed by atoms with Crippen LogP contribution < -0.4 is 10.5 Å². The van der Waals surface area contributed by atoms with E-state index in [9.17, 15) is 18.1 Å². The molecule has 11 heteroatoms. The number of nitrogens with zero attached hydrogens (tertiary/aromatic N) is 4. The lowest BCUT2D eigenvalue weighted by Crippen LogP contribution is -1.99. The van der Waals surface area contributed by atoms with Crippen LogP contribution in [0.3, 0.4) is 0 Å². The Labute approximate surface area is 207 Å². The lowest BCUT2D eigenvalue weighted by molar-refractivity contribution is 0.318. The molecule has 4 aromatic carbocycles. The zero-order valence-electron chi connectivity index (χ0n) is 19.2. The number of aromatic hydroxyl groups is 1. The van der Waals surface area contributed by atoms with E-state index in [0.717, 1.165) is 12.5 Å². The van der Waals surface area contributed by atoms with Crippen LogP contribution in [-0.4, -0.2) is 24.7 Å². The highest BCUT2D eigenvalue weighted by Crippen LogP contribution is 2.43. The molecule has 0 heterocycles. The van der Waals surface area contributed by atoms with E-state index in [0.29, 0.717) is 34.8 Å². The van der Waals surface area contributed by atoms with Crippen molar-refractivity contribution in [3.8, 4) is 11.5 Å². The molecule has 4 aromatic rings. The standard InChI is InChI=1S/C25H23N5O5S/c1-2-12-35-22-15-19(28-27-18-6-4-3-5-7-18)10-11-21(22)29-30-24-23(36(32,33)34)13-16-8-9-17(26)14-20(16)25(24)31/h3-11,13-15,31H,2,12,26H2,1H3,(H,32,33,34)/p-1. The van der Waals surface area contributed by atoms with Crippen molar-refractivity contribution in [1.29, 1.82) is 0 Å². The number of ether oxygens (including phenoxy) is 1. The Morgan fingerprint density at radius 2 is 1.67 bits per heavy atom. The summed E-state index contributed by atoms with van der Waals surface area (Å²) in [4.78, 5) is -0.703. The molecule has 0 saturated heterocycles. The summed E-state index contributed by atoms with van der Waals surface area (Å²) < 4.78 is 41.6. The molecule has 0 aliphatic rings. The van der Waals surface area contributed by atoms with Crippen LogP contribution in [0.15, 0.2) is 98.1 Å². The topological polar surface area (TPSA) is 162 Å². The third-order valence-electron chi connectivity index (χ3n) is 5.05. The molecular weight excluding hydrogens is 482 g/mol. The Morgan fingerprint density at radius 1 is 0.917 bits per heavy atom. The zero-order valence-corrected chi connectivity index (χ0v) is 20.0. The maximum absolute atomic E-state index is 11.9. The second kappa shape index (κ2) is 10.5. The van der Waals surface area contributed by atoms with E-state index in [1.807, 2.05) is 37.3 Å². The summed E-state index contributed by atoms with van der Waals surface area (Å²) in [6, 6.07) is 19.6. The number of hydrogen-bond donors (Lipinski definition) is 2. The van der Waals surface area contributed by atoms with Gasteiger partial charge in [-0.25, -0.2) is 8.42 Å². The number of hydrogen-bond acceptors (Lipinski definition) is 10. The molecule has 0 saturated carbocycles. The van der Waals surface area contributed by atoms with Crippen molar-refractivity contribution in [2.75, 3.05) is 12.3 Å². The minimum atomic E-state index is -4.98. The van der Waals surface area contributed by atoms with Gasteiger partial charge in [0.1, 0.15) is 27.2 Å². The highest BCUT2D eigenvalue weighted by atomic mass is 32.2. The van der Waals surface area contributed by atoms with Crippen LogP contribution in [0, 0.1) is 0 Å². The van der Waals surface area contributed by atoms with E-state index < -0.39 is 26.5 Å². The molecule has 4 rings (SSSR count). The molecule has 36 heavy (non-hydrogen) atoms. The van der Waals surface area contributed by atoms with Crippen LogP contribution in [0.25, 0.3) is 10.8 Å². The molecule has 0 aliphatic carbocycles. The third-order valence-corrected chi connectivity index (χ3v) is 5.90. The van der Waals surface area contributed by atoms with Gasteiger partial charge in [0.15, 0.2) is 5.75 Å². The van der Waals surface area contributed by atoms with Crippen LogP contribution >= 0.6 is 0 Å². The lowest BCUT2D eigenvalue weighted by Gasteiger charge is -2.14. The van der Waals surface area contributed by atoms with E-state index in [1.54, 1.807) is 18.2 Å². The van der Waals surface area contributed by atoms with Crippen LogP contribution in [0.5, 0.6) is 11.5 Å². The number of benzene rings is 4. The van der Waals surface area contributed by atoms with Gasteiger partial charge in [0.25, 0.3) is 0 Å². The van der Waals surface area contributed by atoms with Gasteiger partial charge in [-0.15, -0.1) is 10.2 Å². The Hall–Kier alpha value is -4.35. The zero-order chi connectivity index (χ0) is 25.7. The maximum Gasteiger partial charge on any atom is 0.152 e. The Kier molecular flexibility index (Phi) is 7.23. The van der Waals surface area contributed by atoms with Crippen molar-refractivity contribution in [3.63, 3.8) is 0 Å². The Balaban J connectivity index is 1.77. The van der Waals surface area contributed by atoms with Crippen LogP contribution in [0.1, 0.15) is 13.3 Å². The largest absolute Gasteiger partial charge is 0.744 e. The van der Waals surface area contributed by atoms with Gasteiger partial charge < -0.3 is 20.1 Å². The van der Waals surface area contributed by atoms with Crippen molar-refractivity contribution in [2.24, 2.45) is 20.5 Å². The molecule has 0 radical (unpaired) electrons. The number of phenols is 1. The highest BCUT2D eigenvalue weighted by molar-refractivity contribution is 7.86. The number of fused-ring (bicyclic) bond motifs is 1. The fourth-order valence-electron chi connectivity index (χ4n) is 3.34. The van der Waals surface area contributed by atoms with Crippen molar-refractivity contribution in [1.82, 2.24) is 0 Å². The number of nitrogen functional groups attached to an aromatic ring is 1. The molecule has 0 bridgehead atoms. The van der Waals surface area contributed by atoms with E-state index in [4.69, 9.17) is 10.5 Å². The molecule has 0 spiro atoms. The van der Waals surface area contributed by atoms with Crippen molar-refractivity contribution in [2.45, 2.75) is 18.2 Å². The summed E-state index contributed by atoms with van der Waals surface area (Å²) in [5, 5.41) is 27.7. The first-order chi connectivity index (χ1) is 17.3. The molecule has 0 atom stereocenters. The van der Waals surface area contributed by atoms with Gasteiger partial charge in [-0.05, 0) is 54.3 Å². The molecule has 3 N–H and O–H groups in total. The first-order valence-electron chi connectivity index (χ1n) is 10.9. The maximum atomic E-state index is 11.9. The molecule has 0 aliphatic heterocycles. The molecule has 0 unspecified atom stereocenters. The molecule has 0 aromatic heterocycles. The Bertz CT molecular complexity index is 1570. The summed E-state index contributed by atoms with van der Waals surface area (Å²) in [5.74, 6) is -0.205. The average molecular weight is 505 g/mol. The molecule has 0 amide bonds. The van der Waals surface area contributed by atoms with Gasteiger partial charge in [0.2, 0.25) is 0 Å². The number of anilines is 1. The van der Waals surface area contributed by atoms with E-state index in [-0.39, 0.29) is 11.1 Å². The van der Waals surface area contributed by atoms with Gasteiger partial charge in [-0.1, -0.05) is 31.2 Å². The fourth-order valence-corrected chi connectivity index (χ4v) is 3.98. The van der Waals surface area contributed by atoms with Gasteiger partial charge in [0, 0.05) is 17.1 Å². The van der Waals surface area contributed by atoms with Crippen molar-refractivity contribution >= 4 is 49.3 Å². The summed E-state index contributed by atoms with van der Waals surface area (Å²) in [5.41, 5.74) is 7.06. The quantitative estimate of drug-likeness (QED) is 0.155. The summed E-state index contributed by atoms with van der Waals surface area (Å²) >= 11 is 0. The van der Waals surface area contributed by atoms with Crippen molar-refractivity contribution < 1.29 is 22.8 Å². The number of azo groups is 2.